The van der Waals surface area contributed by atoms with Gasteiger partial charge in [-0.3, -0.25) is 4.79 Å². The van der Waals surface area contributed by atoms with Crippen LogP contribution in [-0.2, 0) is 34.0 Å². The number of unbranched alkanes of at least 4 members (excludes halogenated alkanes) is 2. The molecule has 0 radical (unpaired) electrons. The molecule has 0 fully saturated rings. The molecule has 4 rings (SSSR count). The summed E-state index contributed by atoms with van der Waals surface area (Å²) in [5, 5.41) is 6.34. The van der Waals surface area contributed by atoms with Crippen LogP contribution in [0.3, 0.4) is 0 Å². The van der Waals surface area contributed by atoms with E-state index in [9.17, 15) is 4.79 Å². The van der Waals surface area contributed by atoms with Gasteiger partial charge < -0.3 is 30.5 Å². The Morgan fingerprint density at radius 1 is 0.951 bits per heavy atom. The lowest BCUT2D eigenvalue weighted by Gasteiger charge is -2.09. The lowest BCUT2D eigenvalue weighted by molar-refractivity contribution is -0.119. The molecule has 0 aliphatic carbocycles. The highest BCUT2D eigenvalue weighted by Gasteiger charge is 2.09. The number of amides is 1. The lowest BCUT2D eigenvalue weighted by Crippen LogP contribution is -2.18. The lowest BCUT2D eigenvalue weighted by atomic mass is 10.2. The third-order valence-corrected chi connectivity index (χ3v) is 5.44. The van der Waals surface area contributed by atoms with Gasteiger partial charge in [0.15, 0.2) is 11.5 Å². The maximum Gasteiger partial charge on any atom is 0.226 e. The van der Waals surface area contributed by atoms with E-state index in [1.165, 1.54) is 25.3 Å². The van der Waals surface area contributed by atoms with E-state index in [-0.39, 0.29) is 11.2 Å². The van der Waals surface area contributed by atoms with Gasteiger partial charge in [0.05, 0.1) is 6.33 Å². The zero-order valence-corrected chi connectivity index (χ0v) is 25.2. The molecule has 0 aliphatic rings. The fourth-order valence-electron chi connectivity index (χ4n) is 3.45. The van der Waals surface area contributed by atoms with Crippen LogP contribution in [-0.4, -0.2) is 39.0 Å². The molecule has 0 atom stereocenters. The molecule has 4 aromatic rings. The van der Waals surface area contributed by atoms with Crippen LogP contribution in [0.2, 0.25) is 5.28 Å². The maximum absolute atomic E-state index is 10.9. The first-order valence-corrected chi connectivity index (χ1v) is 13.7. The van der Waals surface area contributed by atoms with Gasteiger partial charge >= 0.3 is 0 Å². The monoisotopic (exact) mass is 583 g/mol. The van der Waals surface area contributed by atoms with Crippen molar-refractivity contribution in [3.05, 3.63) is 77.3 Å². The maximum atomic E-state index is 10.9. The molecule has 2 aromatic heterocycles. The molecule has 0 unspecified atom stereocenters. The second-order valence-corrected chi connectivity index (χ2v) is 8.48. The molecule has 2 aromatic carbocycles. The number of aromatic nitrogens is 4. The number of benzene rings is 2. The Kier molecular flexibility index (Phi) is 20.1. The molecule has 0 aliphatic heterocycles. The third kappa shape index (κ3) is 14.1. The first kappa shape index (κ1) is 36.7. The van der Waals surface area contributed by atoms with Crippen LogP contribution in [0.5, 0.6) is 0 Å². The number of aryl methyl sites for hydroxylation is 1. The van der Waals surface area contributed by atoms with Crippen LogP contribution in [0.25, 0.3) is 11.2 Å². The zero-order chi connectivity index (χ0) is 31.0. The van der Waals surface area contributed by atoms with E-state index < -0.39 is 0 Å². The number of nitrogens with two attached hydrogens (primary N) is 1. The fraction of sp³-hybridized carbons (Fsp3) is 0.333. The number of nitrogens with zero attached hydrogens (tertiary/aromatic N) is 4. The molecule has 0 bridgehead atoms. The van der Waals surface area contributed by atoms with Crippen molar-refractivity contribution in [1.29, 1.82) is 0 Å². The van der Waals surface area contributed by atoms with E-state index in [1.54, 1.807) is 6.33 Å². The highest BCUT2D eigenvalue weighted by atomic mass is 35.5. The van der Waals surface area contributed by atoms with E-state index in [0.717, 1.165) is 30.8 Å². The predicted molar refractivity (Wildman–Crippen MR) is 168 cm³/mol. The third-order valence-electron chi connectivity index (χ3n) is 5.27. The first-order valence-electron chi connectivity index (χ1n) is 13.3. The van der Waals surface area contributed by atoms with Crippen molar-refractivity contribution < 1.29 is 14.4 Å². The van der Waals surface area contributed by atoms with Crippen LogP contribution >= 0.6 is 11.6 Å². The number of carbonyl (C=O) groups is 3. The number of hydrogen-bond donors (Lipinski definition) is 3. The number of imidazole rings is 1. The van der Waals surface area contributed by atoms with Crippen LogP contribution in [0.15, 0.2) is 60.9 Å². The van der Waals surface area contributed by atoms with Crippen molar-refractivity contribution in [3.63, 3.8) is 0 Å². The minimum absolute atomic E-state index is 0.0114. The highest BCUT2D eigenvalue weighted by molar-refractivity contribution is 6.28. The summed E-state index contributed by atoms with van der Waals surface area (Å²) in [6, 6.07) is 18.3. The summed E-state index contributed by atoms with van der Waals surface area (Å²) in [4.78, 5) is 39.1. The van der Waals surface area contributed by atoms with Gasteiger partial charge in [-0.2, -0.15) is 9.97 Å². The van der Waals surface area contributed by atoms with Crippen LogP contribution in [0.4, 0.5) is 11.5 Å². The van der Waals surface area contributed by atoms with E-state index >= 15 is 0 Å². The summed E-state index contributed by atoms with van der Waals surface area (Å²) in [6.07, 6.45) is 5.21. The van der Waals surface area contributed by atoms with Gasteiger partial charge in [0.25, 0.3) is 0 Å². The van der Waals surface area contributed by atoms with Crippen LogP contribution in [0, 0.1) is 0 Å². The van der Waals surface area contributed by atoms with Gasteiger partial charge in [0.2, 0.25) is 11.2 Å². The van der Waals surface area contributed by atoms with Gasteiger partial charge in [-0.1, -0.05) is 76.1 Å². The van der Waals surface area contributed by atoms with E-state index in [1.807, 2.05) is 68.4 Å². The Balaban J connectivity index is 0.000000666. The Morgan fingerprint density at radius 2 is 1.61 bits per heavy atom. The van der Waals surface area contributed by atoms with E-state index in [0.29, 0.717) is 23.5 Å². The average molecular weight is 584 g/mol. The first-order chi connectivity index (χ1) is 20.0. The SMILES string of the molecule is C=O.C=O.CC.CC(=O)NCc1cccc(NCc2ccccc2)c1.CCCCCn1cnc2c(N)nc(Cl)nc21. The number of carbonyl (C=O) groups excluding carboxylic acids is 3. The second kappa shape index (κ2) is 22.5. The Morgan fingerprint density at radius 3 is 2.24 bits per heavy atom. The normalized spacial score (nSPS) is 9.29. The molecule has 222 valence electrons. The highest BCUT2D eigenvalue weighted by Crippen LogP contribution is 2.18. The molecule has 0 saturated carbocycles. The van der Waals surface area contributed by atoms with Crippen LogP contribution in [0.1, 0.15) is 58.1 Å². The van der Waals surface area contributed by atoms with Gasteiger partial charge in [0.1, 0.15) is 19.1 Å². The van der Waals surface area contributed by atoms with E-state index in [4.69, 9.17) is 26.9 Å². The molecule has 4 N–H and O–H groups in total. The summed E-state index contributed by atoms with van der Waals surface area (Å²) in [5.74, 6) is 0.326. The van der Waals surface area contributed by atoms with Gasteiger partial charge in [-0.15, -0.1) is 0 Å². The molecule has 11 heteroatoms. The van der Waals surface area contributed by atoms with Crippen molar-refractivity contribution in [2.24, 2.45) is 0 Å². The summed E-state index contributed by atoms with van der Waals surface area (Å²) < 4.78 is 1.97. The molecular weight excluding hydrogens is 542 g/mol. The zero-order valence-electron chi connectivity index (χ0n) is 24.4. The number of anilines is 2. The standard InChI is InChI=1S/C16H18N2O.C10H14ClN5.C2H6.2CH2O/c1-13(19)17-12-15-8-5-9-16(10-15)18-11-14-6-3-2-4-7-14;1-2-3-4-5-16-6-13-7-8(12)14-10(11)15-9(7)16;3*1-2/h2-10,18H,11-12H2,1H3,(H,17,19);6H,2-5H2,1H3,(H2,12,14,15);1-2H3;2*1H2. The number of nitrogens with one attached hydrogen (secondary N) is 2. The molecule has 0 saturated heterocycles. The Bertz CT molecular complexity index is 1270. The second-order valence-electron chi connectivity index (χ2n) is 8.14. The fourth-order valence-corrected chi connectivity index (χ4v) is 3.62. The molecule has 10 nitrogen and oxygen atoms in total. The summed E-state index contributed by atoms with van der Waals surface area (Å²) in [7, 11) is 0. The molecule has 1 amide bonds. The number of nitrogen functional groups attached to an aromatic ring is 1. The summed E-state index contributed by atoms with van der Waals surface area (Å²) in [5.41, 5.74) is 10.5. The molecule has 2 heterocycles. The van der Waals surface area contributed by atoms with Gasteiger partial charge in [-0.05, 0) is 41.3 Å². The smallest absolute Gasteiger partial charge is 0.226 e. The number of hydrogen-bond acceptors (Lipinski definition) is 8. The van der Waals surface area contributed by atoms with Crippen molar-refractivity contribution in [2.45, 2.75) is 66.6 Å². The summed E-state index contributed by atoms with van der Waals surface area (Å²) in [6.45, 7) is 13.9. The topological polar surface area (TPSA) is 145 Å². The van der Waals surface area contributed by atoms with Crippen molar-refractivity contribution >= 4 is 53.8 Å². The Hall–Kier alpha value is -4.31. The largest absolute Gasteiger partial charge is 0.382 e. The van der Waals surface area contributed by atoms with Crippen LogP contribution < -0.4 is 16.4 Å². The average Bonchev–Trinajstić information content (AvgIpc) is 3.42. The van der Waals surface area contributed by atoms with Crippen molar-refractivity contribution in [1.82, 2.24) is 24.8 Å². The van der Waals surface area contributed by atoms with Crippen molar-refractivity contribution in [3.8, 4) is 0 Å². The molecule has 41 heavy (non-hydrogen) atoms. The van der Waals surface area contributed by atoms with E-state index in [2.05, 4.69) is 50.7 Å². The molecule has 0 spiro atoms. The summed E-state index contributed by atoms with van der Waals surface area (Å²) >= 11 is 5.77. The Labute approximate surface area is 247 Å². The quantitative estimate of drug-likeness (QED) is 0.164. The minimum atomic E-state index is -0.0114. The van der Waals surface area contributed by atoms with Crippen molar-refractivity contribution in [2.75, 3.05) is 11.1 Å². The number of rotatable bonds is 9. The minimum Gasteiger partial charge on any atom is -0.382 e. The van der Waals surface area contributed by atoms with Gasteiger partial charge in [-0.25, -0.2) is 4.98 Å². The molecular formula is C30H42ClN7O3. The predicted octanol–water partition coefficient (Wildman–Crippen LogP) is 5.84. The number of fused-ring (bicyclic) bond motifs is 1. The number of halogens is 1. The van der Waals surface area contributed by atoms with Gasteiger partial charge in [0, 0.05) is 32.2 Å².